The van der Waals surface area contributed by atoms with Gasteiger partial charge in [-0.05, 0) is 61.1 Å². The summed E-state index contributed by atoms with van der Waals surface area (Å²) in [5.41, 5.74) is 1.80. The average Bonchev–Trinajstić information content (AvgIpc) is 2.83. The van der Waals surface area contributed by atoms with Crippen molar-refractivity contribution in [1.29, 1.82) is 0 Å². The highest BCUT2D eigenvalue weighted by molar-refractivity contribution is 5.94. The molecule has 0 saturated carbocycles. The van der Waals surface area contributed by atoms with Crippen LogP contribution in [0.25, 0.3) is 0 Å². The van der Waals surface area contributed by atoms with E-state index in [2.05, 4.69) is 11.0 Å². The Morgan fingerprint density at radius 2 is 1.81 bits per heavy atom. The van der Waals surface area contributed by atoms with Gasteiger partial charge in [0.1, 0.15) is 11.5 Å². The van der Waals surface area contributed by atoms with Gasteiger partial charge in [-0.25, -0.2) is 0 Å². The maximum atomic E-state index is 13.0. The third kappa shape index (κ3) is 4.53. The summed E-state index contributed by atoms with van der Waals surface area (Å²) < 4.78 is 10.6. The number of piperidine rings is 2. The quantitative estimate of drug-likeness (QED) is 0.716. The summed E-state index contributed by atoms with van der Waals surface area (Å²) in [7, 11) is 3.29. The maximum Gasteiger partial charge on any atom is 0.253 e. The molecule has 0 radical (unpaired) electrons. The van der Waals surface area contributed by atoms with Crippen LogP contribution in [0.15, 0.2) is 48.5 Å². The highest BCUT2D eigenvalue weighted by Crippen LogP contribution is 2.32. The second-order valence-electron chi connectivity index (χ2n) is 8.28. The second kappa shape index (κ2) is 9.41. The third-order valence-corrected chi connectivity index (χ3v) is 6.58. The molecule has 6 nitrogen and oxygen atoms in total. The molecule has 2 aromatic carbocycles. The number of likely N-dealkylation sites (tertiary alicyclic amines) is 2. The zero-order valence-electron chi connectivity index (χ0n) is 18.3. The van der Waals surface area contributed by atoms with Crippen molar-refractivity contribution in [3.63, 3.8) is 0 Å². The lowest BCUT2D eigenvalue weighted by molar-refractivity contribution is -0.140. The van der Waals surface area contributed by atoms with Crippen molar-refractivity contribution in [1.82, 2.24) is 9.80 Å². The van der Waals surface area contributed by atoms with Crippen LogP contribution < -0.4 is 9.47 Å². The molecular weight excluding hydrogens is 392 g/mol. The highest BCUT2D eigenvalue weighted by atomic mass is 16.5. The number of carbonyl (C=O) groups excluding carboxylic acids is 2. The van der Waals surface area contributed by atoms with Crippen molar-refractivity contribution in [2.75, 3.05) is 33.9 Å². The van der Waals surface area contributed by atoms with Gasteiger partial charge < -0.3 is 19.3 Å². The fraction of sp³-hybridized carbons (Fsp3) is 0.440. The van der Waals surface area contributed by atoms with E-state index in [9.17, 15) is 9.59 Å². The molecule has 2 saturated heterocycles. The second-order valence-corrected chi connectivity index (χ2v) is 8.28. The zero-order chi connectivity index (χ0) is 21.8. The minimum absolute atomic E-state index is 0.0542. The smallest absolute Gasteiger partial charge is 0.253 e. The molecule has 2 heterocycles. The van der Waals surface area contributed by atoms with Gasteiger partial charge in [-0.3, -0.25) is 9.59 Å². The molecule has 6 heteroatoms. The van der Waals surface area contributed by atoms with Crippen LogP contribution in [-0.4, -0.2) is 61.5 Å². The van der Waals surface area contributed by atoms with Crippen molar-refractivity contribution < 1.29 is 19.1 Å². The number of hydrogen-bond donors (Lipinski definition) is 0. The largest absolute Gasteiger partial charge is 0.497 e. The van der Waals surface area contributed by atoms with Gasteiger partial charge in [0.05, 0.1) is 14.2 Å². The van der Waals surface area contributed by atoms with E-state index in [4.69, 9.17) is 9.47 Å². The number of amides is 2. The summed E-state index contributed by atoms with van der Waals surface area (Å²) in [4.78, 5) is 29.7. The summed E-state index contributed by atoms with van der Waals surface area (Å²) in [6.07, 6.45) is 3.00. The van der Waals surface area contributed by atoms with Crippen LogP contribution in [0.1, 0.15) is 35.2 Å². The fourth-order valence-corrected chi connectivity index (χ4v) is 4.89. The van der Waals surface area contributed by atoms with Gasteiger partial charge in [-0.2, -0.15) is 0 Å². The molecule has 0 aromatic heterocycles. The van der Waals surface area contributed by atoms with Crippen LogP contribution >= 0.6 is 0 Å². The van der Waals surface area contributed by atoms with Crippen molar-refractivity contribution in [3.8, 4) is 11.5 Å². The summed E-state index contributed by atoms with van der Waals surface area (Å²) in [5, 5.41) is 0. The van der Waals surface area contributed by atoms with Gasteiger partial charge in [0, 0.05) is 37.7 Å². The third-order valence-electron chi connectivity index (χ3n) is 6.58. The molecule has 0 unspecified atom stereocenters. The molecule has 2 aromatic rings. The topological polar surface area (TPSA) is 59.1 Å². The first-order valence-electron chi connectivity index (χ1n) is 11.0. The predicted molar refractivity (Wildman–Crippen MR) is 118 cm³/mol. The number of para-hydroxylation sites is 1. The minimum Gasteiger partial charge on any atom is -0.497 e. The lowest BCUT2D eigenvalue weighted by atomic mass is 9.83. The molecule has 2 aliphatic heterocycles. The molecule has 0 aliphatic carbocycles. The normalized spacial score (nSPS) is 20.9. The molecule has 2 aliphatic rings. The van der Waals surface area contributed by atoms with Crippen LogP contribution in [0, 0.1) is 5.92 Å². The molecule has 0 bridgehead atoms. The first-order valence-corrected chi connectivity index (χ1v) is 11.0. The molecule has 4 rings (SSSR count). The van der Waals surface area contributed by atoms with E-state index in [0.29, 0.717) is 37.5 Å². The van der Waals surface area contributed by atoms with Gasteiger partial charge in [0.25, 0.3) is 5.91 Å². The molecule has 0 spiro atoms. The van der Waals surface area contributed by atoms with Crippen molar-refractivity contribution in [3.05, 3.63) is 59.7 Å². The monoisotopic (exact) mass is 422 g/mol. The van der Waals surface area contributed by atoms with E-state index in [1.165, 1.54) is 0 Å². The Bertz CT molecular complexity index is 927. The van der Waals surface area contributed by atoms with E-state index in [1.54, 1.807) is 14.2 Å². The van der Waals surface area contributed by atoms with Crippen molar-refractivity contribution in [2.45, 2.75) is 31.7 Å². The number of hydrogen-bond acceptors (Lipinski definition) is 4. The van der Waals surface area contributed by atoms with Crippen LogP contribution in [-0.2, 0) is 11.2 Å². The molecule has 2 amide bonds. The Kier molecular flexibility index (Phi) is 6.44. The Morgan fingerprint density at radius 3 is 2.55 bits per heavy atom. The number of fused-ring (bicyclic) bond motifs is 1. The number of methoxy groups -OCH3 is 2. The van der Waals surface area contributed by atoms with Crippen molar-refractivity contribution in [2.24, 2.45) is 5.92 Å². The Morgan fingerprint density at radius 1 is 1.03 bits per heavy atom. The Labute approximate surface area is 183 Å². The molecular formula is C25H30N2O4. The lowest BCUT2D eigenvalue weighted by Crippen LogP contribution is -2.57. The van der Waals surface area contributed by atoms with E-state index in [1.807, 2.05) is 47.4 Å². The average molecular weight is 423 g/mol. The van der Waals surface area contributed by atoms with Gasteiger partial charge in [0.2, 0.25) is 5.91 Å². The highest BCUT2D eigenvalue weighted by Gasteiger charge is 2.40. The molecule has 2 fully saturated rings. The maximum absolute atomic E-state index is 13.0. The SMILES string of the molecule is COc1ccc(C(=O)N2CC[C@@H]3[C@@H](CCC(=O)N3CCc3ccccc3OC)C2)cc1. The van der Waals surface area contributed by atoms with Gasteiger partial charge in [-0.15, -0.1) is 0 Å². The predicted octanol–water partition coefficient (Wildman–Crippen LogP) is 3.40. The number of ether oxygens (including phenoxy) is 2. The van der Waals surface area contributed by atoms with Crippen LogP contribution in [0.4, 0.5) is 0 Å². The summed E-state index contributed by atoms with van der Waals surface area (Å²) >= 11 is 0. The first-order chi connectivity index (χ1) is 15.1. The summed E-state index contributed by atoms with van der Waals surface area (Å²) in [6, 6.07) is 15.4. The summed E-state index contributed by atoms with van der Waals surface area (Å²) in [6.45, 7) is 2.06. The number of rotatable bonds is 6. The van der Waals surface area contributed by atoms with Crippen LogP contribution in [0.2, 0.25) is 0 Å². The molecule has 0 N–H and O–H groups in total. The van der Waals surface area contributed by atoms with Gasteiger partial charge in [0.15, 0.2) is 0 Å². The number of benzene rings is 2. The van der Waals surface area contributed by atoms with E-state index >= 15 is 0 Å². The minimum atomic E-state index is 0.0542. The van der Waals surface area contributed by atoms with Crippen LogP contribution in [0.3, 0.4) is 0 Å². The van der Waals surface area contributed by atoms with E-state index < -0.39 is 0 Å². The Balaban J connectivity index is 1.41. The first kappa shape index (κ1) is 21.2. The Hall–Kier alpha value is -3.02. The number of nitrogens with zero attached hydrogens (tertiary/aromatic N) is 2. The summed E-state index contributed by atoms with van der Waals surface area (Å²) in [5.74, 6) is 2.21. The van der Waals surface area contributed by atoms with Crippen molar-refractivity contribution >= 4 is 11.8 Å². The van der Waals surface area contributed by atoms with E-state index in [0.717, 1.165) is 36.3 Å². The van der Waals surface area contributed by atoms with Crippen LogP contribution in [0.5, 0.6) is 11.5 Å². The standard InChI is InChI=1S/C25H30N2O4/c1-30-21-10-7-19(8-11-21)25(29)26-15-14-22-20(17-26)9-12-24(28)27(22)16-13-18-5-3-4-6-23(18)31-2/h3-8,10-11,20,22H,9,12-17H2,1-2H3/t20-,22+/m0/s1. The zero-order valence-corrected chi connectivity index (χ0v) is 18.3. The van der Waals surface area contributed by atoms with Gasteiger partial charge >= 0.3 is 0 Å². The van der Waals surface area contributed by atoms with E-state index in [-0.39, 0.29) is 17.9 Å². The molecule has 164 valence electrons. The molecule has 31 heavy (non-hydrogen) atoms. The lowest BCUT2D eigenvalue weighted by Gasteiger charge is -2.47. The number of carbonyl (C=O) groups is 2. The van der Waals surface area contributed by atoms with Gasteiger partial charge in [-0.1, -0.05) is 18.2 Å². The molecule has 2 atom stereocenters. The fourth-order valence-electron chi connectivity index (χ4n) is 4.89.